The first-order chi connectivity index (χ1) is 11.1. The van der Waals surface area contributed by atoms with Crippen molar-refractivity contribution in [2.45, 2.75) is 20.4 Å². The van der Waals surface area contributed by atoms with Crippen LogP contribution >= 0.6 is 0 Å². The average molecular weight is 312 g/mol. The van der Waals surface area contributed by atoms with Gasteiger partial charge in [0.1, 0.15) is 5.56 Å². The van der Waals surface area contributed by atoms with Crippen LogP contribution in [0.3, 0.4) is 0 Å². The second-order valence-corrected chi connectivity index (χ2v) is 5.16. The van der Waals surface area contributed by atoms with Crippen molar-refractivity contribution in [1.29, 1.82) is 0 Å². The molecule has 120 valence electrons. The topological polar surface area (TPSA) is 53.3 Å². The molecule has 2 aromatic rings. The SMILES string of the molecule is CCN(CC)C(=O)c1ccc[n+](CC(=O)Nc2ccccc2)c1. The fourth-order valence-corrected chi connectivity index (χ4v) is 2.33. The summed E-state index contributed by atoms with van der Waals surface area (Å²) >= 11 is 0. The van der Waals surface area contributed by atoms with Gasteiger partial charge in [-0.25, -0.2) is 0 Å². The molecule has 0 radical (unpaired) electrons. The summed E-state index contributed by atoms with van der Waals surface area (Å²) in [7, 11) is 0. The molecule has 0 saturated carbocycles. The normalized spacial score (nSPS) is 10.2. The predicted octanol–water partition coefficient (Wildman–Crippen LogP) is 2.09. The van der Waals surface area contributed by atoms with E-state index >= 15 is 0 Å². The van der Waals surface area contributed by atoms with Gasteiger partial charge in [0.25, 0.3) is 11.8 Å². The van der Waals surface area contributed by atoms with Crippen molar-refractivity contribution in [3.8, 4) is 0 Å². The van der Waals surface area contributed by atoms with Crippen molar-refractivity contribution in [3.05, 3.63) is 60.4 Å². The van der Waals surface area contributed by atoms with Crippen LogP contribution in [0.1, 0.15) is 24.2 Å². The summed E-state index contributed by atoms with van der Waals surface area (Å²) in [6.45, 7) is 5.39. The lowest BCUT2D eigenvalue weighted by atomic mass is 10.2. The number of nitrogens with zero attached hydrogens (tertiary/aromatic N) is 2. The second-order valence-electron chi connectivity index (χ2n) is 5.16. The molecule has 0 unspecified atom stereocenters. The van der Waals surface area contributed by atoms with Crippen LogP contribution in [-0.4, -0.2) is 29.8 Å². The first kappa shape index (κ1) is 16.7. The number of rotatable bonds is 6. The molecular formula is C18H22N3O2+. The van der Waals surface area contributed by atoms with E-state index in [0.717, 1.165) is 5.69 Å². The molecule has 0 fully saturated rings. The minimum atomic E-state index is -0.131. The van der Waals surface area contributed by atoms with E-state index in [9.17, 15) is 9.59 Å². The number of anilines is 1. The van der Waals surface area contributed by atoms with Gasteiger partial charge in [-0.15, -0.1) is 0 Å². The van der Waals surface area contributed by atoms with E-state index in [0.29, 0.717) is 18.7 Å². The standard InChI is InChI=1S/C18H21N3O2/c1-3-21(4-2)18(23)15-9-8-12-20(13-15)14-17(22)19-16-10-6-5-7-11-16/h5-13H,3-4,14H2,1-2H3/p+1. The van der Waals surface area contributed by atoms with Crippen LogP contribution in [0, 0.1) is 0 Å². The molecule has 0 saturated heterocycles. The Bertz CT molecular complexity index is 667. The third-order valence-corrected chi connectivity index (χ3v) is 3.54. The van der Waals surface area contributed by atoms with E-state index in [2.05, 4.69) is 5.32 Å². The molecule has 0 atom stereocenters. The Labute approximate surface area is 136 Å². The highest BCUT2D eigenvalue weighted by atomic mass is 16.2. The second kappa shape index (κ2) is 8.08. The molecule has 2 amide bonds. The van der Waals surface area contributed by atoms with E-state index < -0.39 is 0 Å². The van der Waals surface area contributed by atoms with E-state index in [1.165, 1.54) is 0 Å². The molecule has 2 rings (SSSR count). The van der Waals surface area contributed by atoms with E-state index in [4.69, 9.17) is 0 Å². The highest BCUT2D eigenvalue weighted by molar-refractivity contribution is 5.93. The van der Waals surface area contributed by atoms with Crippen molar-refractivity contribution < 1.29 is 14.2 Å². The van der Waals surface area contributed by atoms with Crippen LogP contribution in [-0.2, 0) is 11.3 Å². The molecule has 0 bridgehead atoms. The fourth-order valence-electron chi connectivity index (χ4n) is 2.33. The predicted molar refractivity (Wildman–Crippen MR) is 89.0 cm³/mol. The molecule has 1 aromatic heterocycles. The van der Waals surface area contributed by atoms with Gasteiger partial charge in [0.05, 0.1) is 0 Å². The Morgan fingerprint density at radius 1 is 1.04 bits per heavy atom. The molecule has 0 spiro atoms. The maximum Gasteiger partial charge on any atom is 0.290 e. The van der Waals surface area contributed by atoms with Crippen molar-refractivity contribution in [3.63, 3.8) is 0 Å². The van der Waals surface area contributed by atoms with Gasteiger partial charge in [0.2, 0.25) is 6.54 Å². The molecular weight excluding hydrogens is 290 g/mol. The van der Waals surface area contributed by atoms with E-state index in [-0.39, 0.29) is 18.4 Å². The van der Waals surface area contributed by atoms with Gasteiger partial charge in [-0.2, -0.15) is 4.57 Å². The third kappa shape index (κ3) is 4.64. The van der Waals surface area contributed by atoms with E-state index in [1.54, 1.807) is 34.0 Å². The van der Waals surface area contributed by atoms with Crippen LogP contribution in [0.5, 0.6) is 0 Å². The summed E-state index contributed by atoms with van der Waals surface area (Å²) in [6.07, 6.45) is 3.49. The van der Waals surface area contributed by atoms with Crippen molar-refractivity contribution in [1.82, 2.24) is 4.90 Å². The van der Waals surface area contributed by atoms with Crippen molar-refractivity contribution >= 4 is 17.5 Å². The molecule has 23 heavy (non-hydrogen) atoms. The van der Waals surface area contributed by atoms with Crippen molar-refractivity contribution in [2.24, 2.45) is 0 Å². The number of benzene rings is 1. The number of pyridine rings is 1. The van der Waals surface area contributed by atoms with Gasteiger partial charge in [-0.1, -0.05) is 18.2 Å². The van der Waals surface area contributed by atoms with Crippen LogP contribution in [0.15, 0.2) is 54.9 Å². The Morgan fingerprint density at radius 3 is 2.39 bits per heavy atom. The van der Waals surface area contributed by atoms with Crippen molar-refractivity contribution in [2.75, 3.05) is 18.4 Å². The molecule has 1 aromatic carbocycles. The fraction of sp³-hybridized carbons (Fsp3) is 0.278. The molecule has 1 N–H and O–H groups in total. The number of aromatic nitrogens is 1. The summed E-state index contributed by atoms with van der Waals surface area (Å²) in [5.74, 6) is -0.151. The lowest BCUT2D eigenvalue weighted by molar-refractivity contribution is -0.684. The Hall–Kier alpha value is -2.69. The van der Waals surface area contributed by atoms with Crippen LogP contribution in [0.25, 0.3) is 0 Å². The van der Waals surface area contributed by atoms with Crippen LogP contribution < -0.4 is 9.88 Å². The highest BCUT2D eigenvalue weighted by Gasteiger charge is 2.17. The zero-order valence-corrected chi connectivity index (χ0v) is 13.5. The lowest BCUT2D eigenvalue weighted by Gasteiger charge is -2.17. The maximum absolute atomic E-state index is 12.3. The van der Waals surface area contributed by atoms with Gasteiger partial charge in [0, 0.05) is 24.8 Å². The summed E-state index contributed by atoms with van der Waals surface area (Å²) in [4.78, 5) is 26.2. The van der Waals surface area contributed by atoms with Gasteiger partial charge in [0.15, 0.2) is 12.4 Å². The largest absolute Gasteiger partial charge is 0.339 e. The number of nitrogens with one attached hydrogen (secondary N) is 1. The number of carbonyl (C=O) groups is 2. The summed E-state index contributed by atoms with van der Waals surface area (Å²) in [6, 6.07) is 12.9. The third-order valence-electron chi connectivity index (χ3n) is 3.54. The minimum absolute atomic E-state index is 0.0205. The molecule has 0 aliphatic heterocycles. The number of hydrogen-bond acceptors (Lipinski definition) is 2. The highest BCUT2D eigenvalue weighted by Crippen LogP contribution is 2.05. The summed E-state index contributed by atoms with van der Waals surface area (Å²) in [5, 5.41) is 2.83. The van der Waals surface area contributed by atoms with Gasteiger partial charge in [-0.05, 0) is 32.0 Å². The summed E-state index contributed by atoms with van der Waals surface area (Å²) in [5.41, 5.74) is 1.34. The number of hydrogen-bond donors (Lipinski definition) is 1. The van der Waals surface area contributed by atoms with Gasteiger partial charge in [-0.3, -0.25) is 9.59 Å². The lowest BCUT2D eigenvalue weighted by Crippen LogP contribution is -2.41. The quantitative estimate of drug-likeness (QED) is 0.831. The van der Waals surface area contributed by atoms with Gasteiger partial charge >= 0.3 is 0 Å². The Kier molecular flexibility index (Phi) is 5.86. The van der Waals surface area contributed by atoms with Crippen LogP contribution in [0.2, 0.25) is 0 Å². The Morgan fingerprint density at radius 2 is 1.74 bits per heavy atom. The zero-order chi connectivity index (χ0) is 16.7. The van der Waals surface area contributed by atoms with E-state index in [1.807, 2.05) is 44.2 Å². The molecule has 5 nitrogen and oxygen atoms in total. The Balaban J connectivity index is 2.05. The first-order valence-corrected chi connectivity index (χ1v) is 7.77. The molecule has 1 heterocycles. The number of para-hydroxylation sites is 1. The zero-order valence-electron chi connectivity index (χ0n) is 13.5. The maximum atomic E-state index is 12.3. The molecule has 0 aliphatic carbocycles. The van der Waals surface area contributed by atoms with Crippen LogP contribution in [0.4, 0.5) is 5.69 Å². The minimum Gasteiger partial charge on any atom is -0.339 e. The number of carbonyl (C=O) groups excluding carboxylic acids is 2. The average Bonchev–Trinajstić information content (AvgIpc) is 2.57. The molecule has 5 heteroatoms. The molecule has 0 aliphatic rings. The first-order valence-electron chi connectivity index (χ1n) is 7.77. The number of amides is 2. The summed E-state index contributed by atoms with van der Waals surface area (Å²) < 4.78 is 1.72. The monoisotopic (exact) mass is 312 g/mol. The van der Waals surface area contributed by atoms with Gasteiger partial charge < -0.3 is 10.2 Å². The smallest absolute Gasteiger partial charge is 0.290 e.